The lowest BCUT2D eigenvalue weighted by atomic mass is 9.83. The fraction of sp³-hybridized carbons (Fsp3) is 0.588. The van der Waals surface area contributed by atoms with Gasteiger partial charge in [-0.2, -0.15) is 0 Å². The van der Waals surface area contributed by atoms with Crippen LogP contribution < -0.4 is 5.32 Å². The van der Waals surface area contributed by atoms with Gasteiger partial charge in [-0.1, -0.05) is 47.8 Å². The molecule has 110 valence electrons. The Kier molecular flexibility index (Phi) is 6.08. The summed E-state index contributed by atoms with van der Waals surface area (Å²) in [6, 6.07) is 8.19. The Morgan fingerprint density at radius 3 is 2.40 bits per heavy atom. The van der Waals surface area contributed by atoms with Crippen molar-refractivity contribution in [3.8, 4) is 0 Å². The van der Waals surface area contributed by atoms with E-state index in [-0.39, 0.29) is 5.91 Å². The maximum Gasteiger partial charge on any atom is 0.251 e. The van der Waals surface area contributed by atoms with E-state index >= 15 is 0 Å². The number of nitrogens with one attached hydrogen (secondary N) is 1. The minimum Gasteiger partial charge on any atom is -0.349 e. The van der Waals surface area contributed by atoms with Crippen molar-refractivity contribution in [2.75, 3.05) is 0 Å². The van der Waals surface area contributed by atoms with Gasteiger partial charge in [0.2, 0.25) is 0 Å². The van der Waals surface area contributed by atoms with Crippen LogP contribution >= 0.6 is 15.9 Å². The highest BCUT2D eigenvalue weighted by Gasteiger charge is 2.22. The largest absolute Gasteiger partial charge is 0.349 e. The molecule has 0 heterocycles. The van der Waals surface area contributed by atoms with Crippen molar-refractivity contribution in [3.63, 3.8) is 0 Å². The van der Waals surface area contributed by atoms with Gasteiger partial charge in [0.15, 0.2) is 0 Å². The fourth-order valence-electron chi connectivity index (χ4n) is 3.02. The van der Waals surface area contributed by atoms with Crippen LogP contribution in [0.5, 0.6) is 0 Å². The van der Waals surface area contributed by atoms with E-state index in [1.54, 1.807) is 0 Å². The summed E-state index contributed by atoms with van der Waals surface area (Å²) >= 11 is 3.42. The van der Waals surface area contributed by atoms with Crippen LogP contribution in [-0.2, 0) is 5.33 Å². The molecule has 2 rings (SSSR count). The van der Waals surface area contributed by atoms with E-state index in [2.05, 4.69) is 28.2 Å². The average Bonchev–Trinajstić information content (AvgIpc) is 2.49. The number of amides is 1. The second kappa shape index (κ2) is 7.82. The molecule has 1 aromatic rings. The monoisotopic (exact) mass is 337 g/mol. The minimum atomic E-state index is 0.0741. The lowest BCUT2D eigenvalue weighted by Gasteiger charge is -2.29. The number of hydrogen-bond acceptors (Lipinski definition) is 1. The Labute approximate surface area is 130 Å². The molecule has 1 aromatic carbocycles. The van der Waals surface area contributed by atoms with Gasteiger partial charge >= 0.3 is 0 Å². The van der Waals surface area contributed by atoms with Crippen molar-refractivity contribution in [1.82, 2.24) is 5.32 Å². The molecule has 20 heavy (non-hydrogen) atoms. The molecule has 1 saturated carbocycles. The summed E-state index contributed by atoms with van der Waals surface area (Å²) in [5, 5.41) is 4.01. The summed E-state index contributed by atoms with van der Waals surface area (Å²) in [4.78, 5) is 12.2. The number of carbonyl (C=O) groups is 1. The second-order valence-electron chi connectivity index (χ2n) is 5.81. The average molecular weight is 338 g/mol. The standard InChI is InChI=1S/C17H24BrNO/c1-2-3-13-6-10-16(11-7-13)19-17(20)15-8-4-14(12-18)5-9-15/h4-5,8-9,13,16H,2-3,6-7,10-12H2,1H3,(H,19,20). The quantitative estimate of drug-likeness (QED) is 0.777. The van der Waals surface area contributed by atoms with Gasteiger partial charge in [0, 0.05) is 16.9 Å². The first-order valence-electron chi connectivity index (χ1n) is 7.68. The third-order valence-electron chi connectivity index (χ3n) is 4.25. The lowest BCUT2D eigenvalue weighted by Crippen LogP contribution is -2.37. The normalized spacial score (nSPS) is 22.5. The molecular weight excluding hydrogens is 314 g/mol. The van der Waals surface area contributed by atoms with Gasteiger partial charge in [0.25, 0.3) is 5.91 Å². The number of rotatable bonds is 5. The molecule has 0 atom stereocenters. The Balaban J connectivity index is 1.82. The van der Waals surface area contributed by atoms with Gasteiger partial charge in [0.1, 0.15) is 0 Å². The molecule has 3 heteroatoms. The molecule has 0 unspecified atom stereocenters. The SMILES string of the molecule is CCCC1CCC(NC(=O)c2ccc(CBr)cc2)CC1. The van der Waals surface area contributed by atoms with Crippen molar-refractivity contribution in [1.29, 1.82) is 0 Å². The second-order valence-corrected chi connectivity index (χ2v) is 6.37. The molecule has 0 bridgehead atoms. The molecular formula is C17H24BrNO. The van der Waals surface area contributed by atoms with Gasteiger partial charge in [0.05, 0.1) is 0 Å². The van der Waals surface area contributed by atoms with E-state index in [9.17, 15) is 4.79 Å². The molecule has 0 saturated heterocycles. The molecule has 1 aliphatic rings. The van der Waals surface area contributed by atoms with Gasteiger partial charge in [-0.25, -0.2) is 0 Å². The maximum absolute atomic E-state index is 12.2. The molecule has 1 fully saturated rings. The van der Waals surface area contributed by atoms with Crippen molar-refractivity contribution in [3.05, 3.63) is 35.4 Å². The molecule has 1 N–H and O–H groups in total. The van der Waals surface area contributed by atoms with E-state index in [4.69, 9.17) is 0 Å². The van der Waals surface area contributed by atoms with E-state index in [1.165, 1.54) is 31.2 Å². The van der Waals surface area contributed by atoms with E-state index in [1.807, 2.05) is 24.3 Å². The number of alkyl halides is 1. The maximum atomic E-state index is 12.2. The van der Waals surface area contributed by atoms with Gasteiger partial charge in [-0.05, 0) is 49.3 Å². The highest BCUT2D eigenvalue weighted by Crippen LogP contribution is 2.27. The molecule has 0 spiro atoms. The number of halogens is 1. The first-order valence-corrected chi connectivity index (χ1v) is 8.80. The molecule has 1 amide bonds. The van der Waals surface area contributed by atoms with E-state index < -0.39 is 0 Å². The topological polar surface area (TPSA) is 29.1 Å². The van der Waals surface area contributed by atoms with Crippen molar-refractivity contribution in [2.45, 2.75) is 56.8 Å². The summed E-state index contributed by atoms with van der Waals surface area (Å²) in [5.41, 5.74) is 1.96. The Morgan fingerprint density at radius 1 is 1.20 bits per heavy atom. The van der Waals surface area contributed by atoms with Crippen molar-refractivity contribution >= 4 is 21.8 Å². The Hall–Kier alpha value is -0.830. The molecule has 0 aliphatic heterocycles. The van der Waals surface area contributed by atoms with Crippen LogP contribution in [-0.4, -0.2) is 11.9 Å². The minimum absolute atomic E-state index is 0.0741. The molecule has 0 aromatic heterocycles. The van der Waals surface area contributed by atoms with Crippen molar-refractivity contribution < 1.29 is 4.79 Å². The summed E-state index contributed by atoms with van der Waals surface area (Å²) < 4.78 is 0. The van der Waals surface area contributed by atoms with Crippen LogP contribution in [0.4, 0.5) is 0 Å². The zero-order valence-corrected chi connectivity index (χ0v) is 13.8. The predicted molar refractivity (Wildman–Crippen MR) is 87.2 cm³/mol. The first-order chi connectivity index (χ1) is 9.72. The summed E-state index contributed by atoms with van der Waals surface area (Å²) in [6.45, 7) is 2.25. The van der Waals surface area contributed by atoms with Crippen molar-refractivity contribution in [2.24, 2.45) is 5.92 Å². The van der Waals surface area contributed by atoms with Crippen LogP contribution in [0.15, 0.2) is 24.3 Å². The van der Waals surface area contributed by atoms with Gasteiger partial charge in [-0.3, -0.25) is 4.79 Å². The molecule has 1 aliphatic carbocycles. The molecule has 2 nitrogen and oxygen atoms in total. The third-order valence-corrected chi connectivity index (χ3v) is 4.90. The first kappa shape index (κ1) is 15.6. The van der Waals surface area contributed by atoms with Crippen LogP contribution in [0.25, 0.3) is 0 Å². The Bertz CT molecular complexity index is 421. The predicted octanol–water partition coefficient (Wildman–Crippen LogP) is 4.67. The lowest BCUT2D eigenvalue weighted by molar-refractivity contribution is 0.0921. The third kappa shape index (κ3) is 4.34. The highest BCUT2D eigenvalue weighted by atomic mass is 79.9. The summed E-state index contributed by atoms with van der Waals surface area (Å²) in [6.07, 6.45) is 7.42. The van der Waals surface area contributed by atoms with Gasteiger partial charge < -0.3 is 5.32 Å². The van der Waals surface area contributed by atoms with Crippen LogP contribution in [0.3, 0.4) is 0 Å². The fourth-order valence-corrected chi connectivity index (χ4v) is 3.39. The highest BCUT2D eigenvalue weighted by molar-refractivity contribution is 9.08. The number of benzene rings is 1. The summed E-state index contributed by atoms with van der Waals surface area (Å²) in [7, 11) is 0. The summed E-state index contributed by atoms with van der Waals surface area (Å²) in [5.74, 6) is 0.955. The molecule has 0 radical (unpaired) electrons. The van der Waals surface area contributed by atoms with Crippen LogP contribution in [0.2, 0.25) is 0 Å². The zero-order valence-electron chi connectivity index (χ0n) is 12.2. The number of hydrogen-bond donors (Lipinski definition) is 1. The zero-order chi connectivity index (χ0) is 14.4. The van der Waals surface area contributed by atoms with Gasteiger partial charge in [-0.15, -0.1) is 0 Å². The van der Waals surface area contributed by atoms with E-state index in [0.29, 0.717) is 6.04 Å². The van der Waals surface area contributed by atoms with E-state index in [0.717, 1.165) is 29.7 Å². The van der Waals surface area contributed by atoms with Crippen LogP contribution in [0, 0.1) is 5.92 Å². The Morgan fingerprint density at radius 2 is 1.85 bits per heavy atom. The van der Waals surface area contributed by atoms with Crippen LogP contribution in [0.1, 0.15) is 61.4 Å². The smallest absolute Gasteiger partial charge is 0.251 e. The number of carbonyl (C=O) groups excluding carboxylic acids is 1.